The number of methoxy groups -OCH3 is 1. The minimum absolute atomic E-state index is 0.193. The number of fused-ring (bicyclic) bond motifs is 1. The van der Waals surface area contributed by atoms with E-state index in [0.29, 0.717) is 12.8 Å². The van der Waals surface area contributed by atoms with Crippen molar-refractivity contribution in [2.45, 2.75) is 45.3 Å². The largest absolute Gasteiger partial charge is 0.496 e. The smallest absolute Gasteiger partial charge is 0.125 e. The molecule has 1 aliphatic heterocycles. The Morgan fingerprint density at radius 1 is 1.53 bits per heavy atom. The van der Waals surface area contributed by atoms with Gasteiger partial charge in [0.05, 0.1) is 13.2 Å². The lowest BCUT2D eigenvalue weighted by Gasteiger charge is -2.15. The molecule has 1 heterocycles. The maximum atomic E-state index is 10.3. The van der Waals surface area contributed by atoms with Crippen LogP contribution in [0.5, 0.6) is 11.5 Å². The van der Waals surface area contributed by atoms with Crippen molar-refractivity contribution < 1.29 is 14.6 Å². The third-order valence-corrected chi connectivity index (χ3v) is 3.33. The number of aliphatic hydroxyl groups is 1. The lowest BCUT2D eigenvalue weighted by Crippen LogP contribution is -2.05. The Balaban J connectivity index is 2.23. The Morgan fingerprint density at radius 3 is 3.00 bits per heavy atom. The van der Waals surface area contributed by atoms with E-state index < -0.39 is 6.10 Å². The molecule has 0 aromatic heterocycles. The molecule has 1 N–H and O–H groups in total. The van der Waals surface area contributed by atoms with Crippen LogP contribution in [0.3, 0.4) is 0 Å². The van der Waals surface area contributed by atoms with Crippen LogP contribution in [0.15, 0.2) is 12.1 Å². The summed E-state index contributed by atoms with van der Waals surface area (Å²) < 4.78 is 11.1. The first-order valence-electron chi connectivity index (χ1n) is 6.60. The van der Waals surface area contributed by atoms with Crippen LogP contribution in [-0.2, 0) is 6.42 Å². The molecule has 2 unspecified atom stereocenters. The predicted octanol–water partition coefficient (Wildman–Crippen LogP) is 2.86. The summed E-state index contributed by atoms with van der Waals surface area (Å²) in [5.41, 5.74) is 1.93. The highest BCUT2D eigenvalue weighted by atomic mass is 16.5. The summed E-state index contributed by atoms with van der Waals surface area (Å²) in [7, 11) is 1.63. The molecule has 0 spiro atoms. The molecule has 1 aromatic rings. The summed E-state index contributed by atoms with van der Waals surface area (Å²) in [6, 6.07) is 3.88. The molecule has 1 aromatic carbocycles. The molecule has 1 aliphatic rings. The highest BCUT2D eigenvalue weighted by Gasteiger charge is 2.23. The average molecular weight is 260 g/mol. The van der Waals surface area contributed by atoms with Gasteiger partial charge in [0.15, 0.2) is 0 Å². The van der Waals surface area contributed by atoms with Crippen molar-refractivity contribution in [2.75, 3.05) is 7.11 Å². The minimum atomic E-state index is -0.569. The summed E-state index contributed by atoms with van der Waals surface area (Å²) in [4.78, 5) is 0. The van der Waals surface area contributed by atoms with Crippen molar-refractivity contribution in [3.8, 4) is 23.3 Å². The topological polar surface area (TPSA) is 38.7 Å². The van der Waals surface area contributed by atoms with Crippen LogP contribution < -0.4 is 9.47 Å². The van der Waals surface area contributed by atoms with Crippen molar-refractivity contribution in [3.05, 3.63) is 23.3 Å². The van der Waals surface area contributed by atoms with Crippen molar-refractivity contribution in [1.82, 2.24) is 0 Å². The number of rotatable bonds is 4. The second kappa shape index (κ2) is 5.99. The monoisotopic (exact) mass is 260 g/mol. The van der Waals surface area contributed by atoms with E-state index in [-0.39, 0.29) is 6.10 Å². The highest BCUT2D eigenvalue weighted by molar-refractivity contribution is 5.49. The molecule has 3 heteroatoms. The van der Waals surface area contributed by atoms with Gasteiger partial charge in [-0.2, -0.15) is 0 Å². The number of hydrogen-bond donors (Lipinski definition) is 1. The van der Waals surface area contributed by atoms with Crippen LogP contribution in [0.1, 0.15) is 43.9 Å². The highest BCUT2D eigenvalue weighted by Crippen LogP contribution is 2.38. The summed E-state index contributed by atoms with van der Waals surface area (Å²) in [6.45, 7) is 3.84. The van der Waals surface area contributed by atoms with Crippen molar-refractivity contribution >= 4 is 0 Å². The Kier molecular flexibility index (Phi) is 4.34. The normalized spacial score (nSPS) is 18.0. The van der Waals surface area contributed by atoms with Gasteiger partial charge in [0.1, 0.15) is 17.6 Å². The first-order valence-corrected chi connectivity index (χ1v) is 6.60. The second-order valence-corrected chi connectivity index (χ2v) is 4.82. The molecule has 0 fully saturated rings. The average Bonchev–Trinajstić information content (AvgIpc) is 2.76. The summed E-state index contributed by atoms with van der Waals surface area (Å²) >= 11 is 0. The molecule has 0 saturated heterocycles. The van der Waals surface area contributed by atoms with Gasteiger partial charge in [0, 0.05) is 24.0 Å². The summed E-state index contributed by atoms with van der Waals surface area (Å²) in [5, 5.41) is 10.3. The van der Waals surface area contributed by atoms with Gasteiger partial charge in [-0.25, -0.2) is 0 Å². The van der Waals surface area contributed by atoms with Crippen LogP contribution in [0, 0.1) is 11.8 Å². The van der Waals surface area contributed by atoms with Crippen molar-refractivity contribution in [2.24, 2.45) is 0 Å². The van der Waals surface area contributed by atoms with E-state index in [1.165, 1.54) is 0 Å². The molecular formula is C16H20O3. The van der Waals surface area contributed by atoms with E-state index in [2.05, 4.69) is 11.8 Å². The third-order valence-electron chi connectivity index (χ3n) is 3.33. The molecule has 0 bridgehead atoms. The van der Waals surface area contributed by atoms with Crippen LogP contribution in [0.2, 0.25) is 0 Å². The Labute approximate surface area is 114 Å². The zero-order valence-electron chi connectivity index (χ0n) is 11.7. The molecule has 2 rings (SSSR count). The van der Waals surface area contributed by atoms with Crippen LogP contribution in [0.25, 0.3) is 0 Å². The van der Waals surface area contributed by atoms with Gasteiger partial charge >= 0.3 is 0 Å². The predicted molar refractivity (Wildman–Crippen MR) is 74.4 cm³/mol. The molecule has 0 radical (unpaired) electrons. The first-order chi connectivity index (χ1) is 9.15. The van der Waals surface area contributed by atoms with Crippen LogP contribution in [-0.4, -0.2) is 18.3 Å². The van der Waals surface area contributed by atoms with Gasteiger partial charge < -0.3 is 14.6 Å². The van der Waals surface area contributed by atoms with Gasteiger partial charge in [-0.15, -0.1) is 11.8 Å². The SMILES string of the molecule is CC#CCCC(O)c1cc2c(cc1OC)CC(C)O2. The third kappa shape index (κ3) is 3.02. The fourth-order valence-corrected chi connectivity index (χ4v) is 2.38. The zero-order valence-corrected chi connectivity index (χ0v) is 11.7. The maximum Gasteiger partial charge on any atom is 0.125 e. The lowest BCUT2D eigenvalue weighted by atomic mass is 10.00. The zero-order chi connectivity index (χ0) is 13.8. The van der Waals surface area contributed by atoms with Gasteiger partial charge in [-0.05, 0) is 32.4 Å². The van der Waals surface area contributed by atoms with E-state index in [4.69, 9.17) is 9.47 Å². The molecule has 2 atom stereocenters. The molecular weight excluding hydrogens is 240 g/mol. The van der Waals surface area contributed by atoms with Gasteiger partial charge in [0.25, 0.3) is 0 Å². The standard InChI is InChI=1S/C16H20O3/c1-4-5-6-7-14(17)13-10-15-12(8-11(2)19-15)9-16(13)18-3/h9-11,14,17H,6-8H2,1-3H3. The van der Waals surface area contributed by atoms with E-state index in [9.17, 15) is 5.11 Å². The lowest BCUT2D eigenvalue weighted by molar-refractivity contribution is 0.164. The quantitative estimate of drug-likeness (QED) is 0.846. The van der Waals surface area contributed by atoms with Crippen molar-refractivity contribution in [1.29, 1.82) is 0 Å². The van der Waals surface area contributed by atoms with E-state index >= 15 is 0 Å². The first kappa shape index (κ1) is 13.8. The molecule has 0 aliphatic carbocycles. The maximum absolute atomic E-state index is 10.3. The van der Waals surface area contributed by atoms with Gasteiger partial charge in [-0.1, -0.05) is 0 Å². The van der Waals surface area contributed by atoms with Gasteiger partial charge in [-0.3, -0.25) is 0 Å². The number of aliphatic hydroxyl groups excluding tert-OH is 1. The molecule has 19 heavy (non-hydrogen) atoms. The second-order valence-electron chi connectivity index (χ2n) is 4.82. The van der Waals surface area contributed by atoms with Gasteiger partial charge in [0.2, 0.25) is 0 Å². The van der Waals surface area contributed by atoms with E-state index in [1.54, 1.807) is 14.0 Å². The van der Waals surface area contributed by atoms with Crippen LogP contribution >= 0.6 is 0 Å². The summed E-state index contributed by atoms with van der Waals surface area (Å²) in [6.07, 6.45) is 1.79. The Hall–Kier alpha value is -1.66. The number of benzene rings is 1. The molecule has 102 valence electrons. The fourth-order valence-electron chi connectivity index (χ4n) is 2.38. The Bertz CT molecular complexity index is 511. The molecule has 0 amide bonds. The molecule has 3 nitrogen and oxygen atoms in total. The minimum Gasteiger partial charge on any atom is -0.496 e. The van der Waals surface area contributed by atoms with E-state index in [1.807, 2.05) is 19.1 Å². The fraction of sp³-hybridized carbons (Fsp3) is 0.500. The molecule has 0 saturated carbocycles. The number of ether oxygens (including phenoxy) is 2. The number of hydrogen-bond acceptors (Lipinski definition) is 3. The van der Waals surface area contributed by atoms with E-state index in [0.717, 1.165) is 29.0 Å². The summed E-state index contributed by atoms with van der Waals surface area (Å²) in [5.74, 6) is 7.39. The van der Waals surface area contributed by atoms with Crippen LogP contribution in [0.4, 0.5) is 0 Å². The Morgan fingerprint density at radius 2 is 2.32 bits per heavy atom. The van der Waals surface area contributed by atoms with Crippen molar-refractivity contribution in [3.63, 3.8) is 0 Å².